The van der Waals surface area contributed by atoms with E-state index in [0.29, 0.717) is 0 Å². The van der Waals surface area contributed by atoms with Gasteiger partial charge in [0.25, 0.3) is 0 Å². The van der Waals surface area contributed by atoms with Gasteiger partial charge in [-0.2, -0.15) is 0 Å². The van der Waals surface area contributed by atoms with Crippen molar-refractivity contribution in [1.29, 1.82) is 0 Å². The van der Waals surface area contributed by atoms with Gasteiger partial charge in [-0.15, -0.1) is 0 Å². The monoisotopic (exact) mass is 169 g/mol. The van der Waals surface area contributed by atoms with E-state index < -0.39 is 0 Å². The summed E-state index contributed by atoms with van der Waals surface area (Å²) in [6.45, 7) is 3.94. The highest BCUT2D eigenvalue weighted by atomic mass is 31.1. The second kappa shape index (κ2) is 3.10. The third-order valence-corrected chi connectivity index (χ3v) is 3.01. The van der Waals surface area contributed by atoms with Gasteiger partial charge < -0.3 is 9.84 Å². The lowest BCUT2D eigenvalue weighted by molar-refractivity contribution is -0.353. The largest absolute Gasteiger partial charge is 0.616 e. The average Bonchev–Trinajstić information content (AvgIpc) is 2.32. The molecule has 0 unspecified atom stereocenters. The minimum Gasteiger partial charge on any atom is -0.616 e. The second-order valence-electron chi connectivity index (χ2n) is 2.41. The minimum absolute atomic E-state index is 0.211. The molecule has 11 heavy (non-hydrogen) atoms. The summed E-state index contributed by atoms with van der Waals surface area (Å²) in [5.41, 5.74) is 2.23. The van der Waals surface area contributed by atoms with Crippen molar-refractivity contribution in [3.8, 4) is 0 Å². The maximum Gasteiger partial charge on any atom is 0.0634 e. The van der Waals surface area contributed by atoms with Crippen LogP contribution in [0.3, 0.4) is 0 Å². The molecule has 0 aromatic rings. The second-order valence-corrected chi connectivity index (χ2v) is 3.37. The van der Waals surface area contributed by atoms with Crippen molar-refractivity contribution in [1.82, 2.24) is 0 Å². The van der Waals surface area contributed by atoms with E-state index >= 15 is 0 Å². The summed E-state index contributed by atoms with van der Waals surface area (Å²) >= 11 is 0. The van der Waals surface area contributed by atoms with Crippen LogP contribution in [0.15, 0.2) is 22.4 Å². The molecule has 0 saturated heterocycles. The maximum absolute atomic E-state index is 11.0. The van der Waals surface area contributed by atoms with E-state index in [1.165, 1.54) is 12.7 Å². The fraction of sp³-hybridized carbons (Fsp3) is 0.375. The van der Waals surface area contributed by atoms with Crippen molar-refractivity contribution in [2.45, 2.75) is 13.8 Å². The van der Waals surface area contributed by atoms with Crippen molar-refractivity contribution in [3.05, 3.63) is 22.4 Å². The Hall–Kier alpha value is -0.750. The van der Waals surface area contributed by atoms with Crippen LogP contribution < -0.4 is 5.11 Å². The molecule has 3 heteroatoms. The third kappa shape index (κ3) is 1.46. The number of allylic oxidation sites excluding steroid dienone is 3. The standard InChI is InChI=1S/C8H11O2P/c1-5-4-11-7(6(5)2)8(9)10-3/h4,9H,1-3H3/p-1. The molecule has 0 aromatic carbocycles. The van der Waals surface area contributed by atoms with E-state index in [9.17, 15) is 5.11 Å². The zero-order valence-corrected chi connectivity index (χ0v) is 7.74. The Balaban J connectivity index is 3.05. The topological polar surface area (TPSA) is 32.3 Å². The molecule has 1 aliphatic heterocycles. The summed E-state index contributed by atoms with van der Waals surface area (Å²) < 4.78 is 4.62. The van der Waals surface area contributed by atoms with E-state index in [2.05, 4.69) is 4.74 Å². The van der Waals surface area contributed by atoms with E-state index in [-0.39, 0.29) is 5.95 Å². The maximum atomic E-state index is 11.0. The van der Waals surface area contributed by atoms with Crippen LogP contribution in [0.4, 0.5) is 0 Å². The molecule has 0 fully saturated rings. The Morgan fingerprint density at radius 1 is 1.55 bits per heavy atom. The quantitative estimate of drug-likeness (QED) is 0.437. The molecule has 0 bridgehead atoms. The predicted octanol–water partition coefficient (Wildman–Crippen LogP) is 1.26. The lowest BCUT2D eigenvalue weighted by atomic mass is 10.2. The summed E-state index contributed by atoms with van der Waals surface area (Å²) in [6, 6.07) is 0. The van der Waals surface area contributed by atoms with Crippen molar-refractivity contribution >= 4 is 14.0 Å². The van der Waals surface area contributed by atoms with Gasteiger partial charge in [0.2, 0.25) is 0 Å². The molecular weight excluding hydrogens is 159 g/mol. The summed E-state index contributed by atoms with van der Waals surface area (Å²) in [7, 11) is 2.37. The van der Waals surface area contributed by atoms with E-state index in [1.54, 1.807) is 0 Å². The highest BCUT2D eigenvalue weighted by Crippen LogP contribution is 2.32. The molecule has 1 rings (SSSR count). The number of methoxy groups -OCH3 is 1. The summed E-state index contributed by atoms with van der Waals surface area (Å²) in [5, 5.41) is 11.8. The zero-order valence-electron chi connectivity index (χ0n) is 6.84. The number of hydrogen-bond donors (Lipinski definition) is 0. The Bertz CT molecular complexity index is 261. The van der Waals surface area contributed by atoms with Crippen molar-refractivity contribution in [2.24, 2.45) is 0 Å². The smallest absolute Gasteiger partial charge is 0.0634 e. The van der Waals surface area contributed by atoms with Crippen LogP contribution in [0.5, 0.6) is 0 Å². The van der Waals surface area contributed by atoms with Crippen LogP contribution in [0.1, 0.15) is 13.8 Å². The van der Waals surface area contributed by atoms with Crippen LogP contribution in [-0.2, 0) is 4.74 Å². The van der Waals surface area contributed by atoms with Gasteiger partial charge in [0, 0.05) is 5.31 Å². The number of ether oxygens (including phenoxy) is 1. The van der Waals surface area contributed by atoms with E-state index in [1.807, 2.05) is 19.6 Å². The molecule has 1 aliphatic rings. The summed E-state index contributed by atoms with van der Waals surface area (Å²) in [5.74, 6) is 1.80. The van der Waals surface area contributed by atoms with Gasteiger partial charge in [-0.25, -0.2) is 0 Å². The van der Waals surface area contributed by atoms with E-state index in [4.69, 9.17) is 0 Å². The molecule has 0 spiro atoms. The molecule has 2 nitrogen and oxygen atoms in total. The lowest BCUT2D eigenvalue weighted by Crippen LogP contribution is -2.07. The molecular formula is C8H10O2P-. The Morgan fingerprint density at radius 2 is 2.18 bits per heavy atom. The molecule has 0 aromatic heterocycles. The first-order valence-electron chi connectivity index (χ1n) is 3.34. The predicted molar refractivity (Wildman–Crippen MR) is 45.4 cm³/mol. The van der Waals surface area contributed by atoms with Gasteiger partial charge in [0.1, 0.15) is 0 Å². The lowest BCUT2D eigenvalue weighted by Gasteiger charge is -2.12. The average molecular weight is 169 g/mol. The van der Waals surface area contributed by atoms with Gasteiger partial charge >= 0.3 is 0 Å². The van der Waals surface area contributed by atoms with Crippen molar-refractivity contribution < 1.29 is 9.84 Å². The first-order chi connectivity index (χ1) is 5.16. The molecule has 0 radical (unpaired) electrons. The SMILES string of the molecule is COC([O-])=C1P=CC(C)=C1C. The van der Waals surface area contributed by atoms with Crippen LogP contribution in [0.25, 0.3) is 0 Å². The van der Waals surface area contributed by atoms with Gasteiger partial charge in [-0.1, -0.05) is 8.20 Å². The molecule has 60 valence electrons. The third-order valence-electron chi connectivity index (χ3n) is 1.71. The van der Waals surface area contributed by atoms with Gasteiger partial charge in [-0.3, -0.25) is 0 Å². The van der Waals surface area contributed by atoms with Crippen LogP contribution >= 0.6 is 8.20 Å². The van der Waals surface area contributed by atoms with Crippen LogP contribution in [0.2, 0.25) is 0 Å². The normalized spacial score (nSPS) is 22.5. The van der Waals surface area contributed by atoms with Crippen molar-refractivity contribution in [2.75, 3.05) is 7.11 Å². The highest BCUT2D eigenvalue weighted by molar-refractivity contribution is 7.45. The first-order valence-corrected chi connectivity index (χ1v) is 4.30. The zero-order chi connectivity index (χ0) is 8.43. The number of hydrogen-bond acceptors (Lipinski definition) is 2. The Morgan fingerprint density at radius 3 is 2.55 bits per heavy atom. The summed E-state index contributed by atoms with van der Waals surface area (Å²) in [6.07, 6.45) is 0. The van der Waals surface area contributed by atoms with Crippen LogP contribution in [-0.4, -0.2) is 12.9 Å². The van der Waals surface area contributed by atoms with Crippen molar-refractivity contribution in [3.63, 3.8) is 0 Å². The minimum atomic E-state index is -0.211. The molecule has 0 amide bonds. The van der Waals surface area contributed by atoms with Gasteiger partial charge in [-0.05, 0) is 37.9 Å². The number of rotatable bonds is 1. The molecule has 0 saturated carbocycles. The molecule has 1 heterocycles. The molecule has 0 N–H and O–H groups in total. The fourth-order valence-corrected chi connectivity index (χ4v) is 1.93. The molecule has 0 atom stereocenters. The van der Waals surface area contributed by atoms with Gasteiger partial charge in [0.05, 0.1) is 5.95 Å². The fourth-order valence-electron chi connectivity index (χ4n) is 0.844. The Labute approximate surface area is 68.0 Å². The van der Waals surface area contributed by atoms with Gasteiger partial charge in [0.15, 0.2) is 0 Å². The molecule has 0 aliphatic carbocycles. The van der Waals surface area contributed by atoms with Crippen LogP contribution in [0, 0.1) is 0 Å². The summed E-state index contributed by atoms with van der Waals surface area (Å²) in [4.78, 5) is 0. The first kappa shape index (κ1) is 8.35. The van der Waals surface area contributed by atoms with E-state index in [0.717, 1.165) is 19.1 Å². The highest BCUT2D eigenvalue weighted by Gasteiger charge is 2.07. The Kier molecular flexibility index (Phi) is 2.35.